The van der Waals surface area contributed by atoms with Crippen molar-refractivity contribution in [3.05, 3.63) is 0 Å². The van der Waals surface area contributed by atoms with E-state index < -0.39 is 0 Å². The van der Waals surface area contributed by atoms with Crippen molar-refractivity contribution >= 4 is 5.91 Å². The third-order valence-corrected chi connectivity index (χ3v) is 1.98. The zero-order valence-electron chi connectivity index (χ0n) is 8.92. The lowest BCUT2D eigenvalue weighted by atomic mass is 9.94. The second kappa shape index (κ2) is 7.34. The van der Waals surface area contributed by atoms with E-state index in [0.717, 1.165) is 6.42 Å². The van der Waals surface area contributed by atoms with E-state index in [1.165, 1.54) is 0 Å². The first-order valence-electron chi connectivity index (χ1n) is 4.93. The van der Waals surface area contributed by atoms with Crippen molar-refractivity contribution in [2.45, 2.75) is 26.7 Å². The summed E-state index contributed by atoms with van der Waals surface area (Å²) in [6.07, 6.45) is 1.38. The molecule has 1 amide bonds. The summed E-state index contributed by atoms with van der Waals surface area (Å²) in [6.45, 7) is 4.82. The molecule has 3 N–H and O–H groups in total. The topological polar surface area (TPSA) is 78.9 Å². The Morgan fingerprint density at radius 2 is 2.21 bits per heavy atom. The number of nitriles is 1. The number of nitrogens with zero attached hydrogens (tertiary/aromatic N) is 1. The van der Waals surface area contributed by atoms with Gasteiger partial charge < -0.3 is 11.1 Å². The fourth-order valence-electron chi connectivity index (χ4n) is 1.40. The fourth-order valence-corrected chi connectivity index (χ4v) is 1.40. The molecule has 0 spiro atoms. The van der Waals surface area contributed by atoms with Crippen molar-refractivity contribution in [3.63, 3.8) is 0 Å². The lowest BCUT2D eigenvalue weighted by Gasteiger charge is -2.15. The SMILES string of the molecule is CC(C)CC(CN)CC(=O)NCC#N. The standard InChI is InChI=1S/C10H19N3O/c1-8(2)5-9(7-12)6-10(14)13-4-3-11/h8-9H,4-7,12H2,1-2H3,(H,13,14). The zero-order chi connectivity index (χ0) is 11.0. The highest BCUT2D eigenvalue weighted by atomic mass is 16.1. The summed E-state index contributed by atoms with van der Waals surface area (Å²) in [4.78, 5) is 11.2. The van der Waals surface area contributed by atoms with Gasteiger partial charge >= 0.3 is 0 Å². The van der Waals surface area contributed by atoms with Crippen LogP contribution in [0.25, 0.3) is 0 Å². The van der Waals surface area contributed by atoms with Crippen molar-refractivity contribution in [1.82, 2.24) is 5.32 Å². The molecule has 0 aromatic rings. The van der Waals surface area contributed by atoms with E-state index in [2.05, 4.69) is 19.2 Å². The monoisotopic (exact) mass is 197 g/mol. The van der Waals surface area contributed by atoms with Gasteiger partial charge in [-0.15, -0.1) is 0 Å². The van der Waals surface area contributed by atoms with Crippen molar-refractivity contribution in [3.8, 4) is 6.07 Å². The van der Waals surface area contributed by atoms with Gasteiger partial charge in [-0.3, -0.25) is 4.79 Å². The van der Waals surface area contributed by atoms with E-state index in [9.17, 15) is 4.79 Å². The Hall–Kier alpha value is -1.08. The molecule has 0 aromatic carbocycles. The molecule has 0 rings (SSSR count). The van der Waals surface area contributed by atoms with E-state index in [-0.39, 0.29) is 18.4 Å². The number of hydrogen-bond acceptors (Lipinski definition) is 3. The molecule has 0 bridgehead atoms. The quantitative estimate of drug-likeness (QED) is 0.613. The first-order valence-corrected chi connectivity index (χ1v) is 4.93. The molecule has 1 unspecified atom stereocenters. The van der Waals surface area contributed by atoms with E-state index >= 15 is 0 Å². The van der Waals surface area contributed by atoms with Gasteiger partial charge in [-0.1, -0.05) is 13.8 Å². The molecule has 0 aliphatic rings. The molecule has 14 heavy (non-hydrogen) atoms. The van der Waals surface area contributed by atoms with Crippen LogP contribution in [0.1, 0.15) is 26.7 Å². The maximum Gasteiger partial charge on any atom is 0.221 e. The molecule has 0 radical (unpaired) electrons. The molecular weight excluding hydrogens is 178 g/mol. The maximum absolute atomic E-state index is 11.2. The summed E-state index contributed by atoms with van der Waals surface area (Å²) >= 11 is 0. The number of amides is 1. The number of rotatable bonds is 6. The second-order valence-electron chi connectivity index (χ2n) is 3.87. The zero-order valence-corrected chi connectivity index (χ0v) is 8.92. The summed E-state index contributed by atoms with van der Waals surface area (Å²) < 4.78 is 0. The first-order chi connectivity index (χ1) is 6.60. The van der Waals surface area contributed by atoms with Crippen LogP contribution in [-0.2, 0) is 4.79 Å². The minimum absolute atomic E-state index is 0.0809. The predicted molar refractivity (Wildman–Crippen MR) is 55.2 cm³/mol. The van der Waals surface area contributed by atoms with Gasteiger partial charge in [0.05, 0.1) is 6.07 Å². The van der Waals surface area contributed by atoms with Crippen LogP contribution in [0.5, 0.6) is 0 Å². The average molecular weight is 197 g/mol. The fraction of sp³-hybridized carbons (Fsp3) is 0.800. The lowest BCUT2D eigenvalue weighted by Crippen LogP contribution is -2.29. The first kappa shape index (κ1) is 12.9. The number of nitrogens with two attached hydrogens (primary N) is 1. The number of carbonyl (C=O) groups is 1. The van der Waals surface area contributed by atoms with Gasteiger partial charge in [0.15, 0.2) is 0 Å². The van der Waals surface area contributed by atoms with Crippen LogP contribution >= 0.6 is 0 Å². The summed E-state index contributed by atoms with van der Waals surface area (Å²) in [6, 6.07) is 1.87. The van der Waals surface area contributed by atoms with E-state index in [1.807, 2.05) is 6.07 Å². The molecule has 0 aliphatic carbocycles. The molecule has 0 aromatic heterocycles. The Balaban J connectivity index is 3.81. The third kappa shape index (κ3) is 6.44. The Bertz CT molecular complexity index is 208. The van der Waals surface area contributed by atoms with Gasteiger partial charge in [0.1, 0.15) is 6.54 Å². The predicted octanol–water partition coefficient (Wildman–Crippen LogP) is 0.637. The van der Waals surface area contributed by atoms with Gasteiger partial charge in [0, 0.05) is 6.42 Å². The van der Waals surface area contributed by atoms with Gasteiger partial charge in [-0.25, -0.2) is 0 Å². The van der Waals surface area contributed by atoms with E-state index in [1.54, 1.807) is 0 Å². The maximum atomic E-state index is 11.2. The van der Waals surface area contributed by atoms with Crippen molar-refractivity contribution in [1.29, 1.82) is 5.26 Å². The van der Waals surface area contributed by atoms with Gasteiger partial charge in [-0.05, 0) is 24.8 Å². The normalized spacial score (nSPS) is 12.2. The van der Waals surface area contributed by atoms with Gasteiger partial charge in [-0.2, -0.15) is 5.26 Å². The van der Waals surface area contributed by atoms with Crippen LogP contribution in [0.3, 0.4) is 0 Å². The molecule has 1 atom stereocenters. The van der Waals surface area contributed by atoms with Crippen LogP contribution in [0.4, 0.5) is 0 Å². The lowest BCUT2D eigenvalue weighted by molar-refractivity contribution is -0.121. The molecule has 4 heteroatoms. The third-order valence-electron chi connectivity index (χ3n) is 1.98. The Labute approximate surface area is 85.5 Å². The summed E-state index contributed by atoms with van der Waals surface area (Å²) in [5.41, 5.74) is 5.55. The minimum Gasteiger partial charge on any atom is -0.343 e. The van der Waals surface area contributed by atoms with Gasteiger partial charge in [0.2, 0.25) is 5.91 Å². The Kier molecular flexibility index (Phi) is 6.77. The van der Waals surface area contributed by atoms with Crippen molar-refractivity contribution in [2.75, 3.05) is 13.1 Å². The van der Waals surface area contributed by atoms with E-state index in [4.69, 9.17) is 11.0 Å². The minimum atomic E-state index is -0.0809. The van der Waals surface area contributed by atoms with Crippen LogP contribution in [0.15, 0.2) is 0 Å². The smallest absolute Gasteiger partial charge is 0.221 e. The van der Waals surface area contributed by atoms with Crippen LogP contribution in [-0.4, -0.2) is 19.0 Å². The van der Waals surface area contributed by atoms with Crippen LogP contribution in [0.2, 0.25) is 0 Å². The van der Waals surface area contributed by atoms with Crippen molar-refractivity contribution < 1.29 is 4.79 Å². The molecule has 4 nitrogen and oxygen atoms in total. The van der Waals surface area contributed by atoms with Crippen LogP contribution < -0.4 is 11.1 Å². The summed E-state index contributed by atoms with van der Waals surface area (Å²) in [5.74, 6) is 0.698. The average Bonchev–Trinajstić information content (AvgIpc) is 2.12. The summed E-state index contributed by atoms with van der Waals surface area (Å²) in [5, 5.41) is 10.8. The number of hydrogen-bond donors (Lipinski definition) is 2. The highest BCUT2D eigenvalue weighted by Crippen LogP contribution is 2.13. The highest BCUT2D eigenvalue weighted by Gasteiger charge is 2.13. The molecular formula is C10H19N3O. The van der Waals surface area contributed by atoms with Crippen molar-refractivity contribution in [2.24, 2.45) is 17.6 Å². The molecule has 0 aliphatic heterocycles. The Morgan fingerprint density at radius 1 is 1.57 bits per heavy atom. The molecule has 0 heterocycles. The van der Waals surface area contributed by atoms with Crippen LogP contribution in [0, 0.1) is 23.2 Å². The molecule has 0 saturated carbocycles. The van der Waals surface area contributed by atoms with Gasteiger partial charge in [0.25, 0.3) is 0 Å². The largest absolute Gasteiger partial charge is 0.343 e. The number of carbonyl (C=O) groups excluding carboxylic acids is 1. The number of nitrogens with one attached hydrogen (secondary N) is 1. The second-order valence-corrected chi connectivity index (χ2v) is 3.87. The van der Waals surface area contributed by atoms with E-state index in [0.29, 0.717) is 18.9 Å². The molecule has 80 valence electrons. The molecule has 0 fully saturated rings. The molecule has 0 saturated heterocycles. The Morgan fingerprint density at radius 3 is 2.64 bits per heavy atom. The highest BCUT2D eigenvalue weighted by molar-refractivity contribution is 5.76. The summed E-state index contributed by atoms with van der Waals surface area (Å²) in [7, 11) is 0.